The number of anilines is 1. The van der Waals surface area contributed by atoms with E-state index in [-0.39, 0.29) is 5.91 Å². The van der Waals surface area contributed by atoms with E-state index in [0.717, 1.165) is 31.3 Å². The number of aliphatic imine (C=N–C) groups is 1. The van der Waals surface area contributed by atoms with Crippen LogP contribution in [0.4, 0.5) is 5.69 Å². The van der Waals surface area contributed by atoms with Crippen molar-refractivity contribution in [2.75, 3.05) is 45.2 Å². The van der Waals surface area contributed by atoms with Crippen LogP contribution in [0, 0.1) is 0 Å². The maximum Gasteiger partial charge on any atom is 0.246 e. The fourth-order valence-electron chi connectivity index (χ4n) is 3.46. The van der Waals surface area contributed by atoms with Crippen molar-refractivity contribution in [1.82, 2.24) is 24.9 Å². The van der Waals surface area contributed by atoms with Crippen LogP contribution in [0.1, 0.15) is 18.1 Å². The number of aryl methyl sites for hydroxylation is 1. The third kappa shape index (κ3) is 5.57. The van der Waals surface area contributed by atoms with Crippen LogP contribution in [0.5, 0.6) is 0 Å². The minimum atomic E-state index is 0.0582. The van der Waals surface area contributed by atoms with Crippen LogP contribution in [0.15, 0.2) is 41.7 Å². The number of piperazine rings is 1. The number of aromatic nitrogens is 2. The topological polar surface area (TPSA) is 69.0 Å². The van der Waals surface area contributed by atoms with Gasteiger partial charge in [-0.3, -0.25) is 9.48 Å². The number of hydrogen-bond donors (Lipinski definition) is 1. The number of benzene rings is 1. The Morgan fingerprint density at radius 1 is 1.28 bits per heavy atom. The van der Waals surface area contributed by atoms with E-state index in [1.165, 1.54) is 11.1 Å². The maximum atomic E-state index is 12.7. The zero-order valence-corrected chi connectivity index (χ0v) is 17.8. The molecule has 1 saturated heterocycles. The molecule has 1 amide bonds. The van der Waals surface area contributed by atoms with Crippen molar-refractivity contribution in [1.29, 1.82) is 0 Å². The van der Waals surface area contributed by atoms with E-state index in [1.807, 2.05) is 25.1 Å². The molecular formula is C21H31N7O. The summed E-state index contributed by atoms with van der Waals surface area (Å²) in [6.45, 7) is 5.95. The molecule has 1 aromatic heterocycles. The van der Waals surface area contributed by atoms with Crippen LogP contribution in [-0.2, 0) is 24.9 Å². The lowest BCUT2D eigenvalue weighted by Gasteiger charge is -2.35. The first-order valence-corrected chi connectivity index (χ1v) is 10.0. The van der Waals surface area contributed by atoms with Crippen LogP contribution >= 0.6 is 0 Å². The van der Waals surface area contributed by atoms with E-state index in [9.17, 15) is 4.79 Å². The molecule has 29 heavy (non-hydrogen) atoms. The van der Waals surface area contributed by atoms with Crippen LogP contribution in [-0.4, -0.2) is 71.7 Å². The number of rotatable bonds is 6. The number of carbonyl (C=O) groups excluding carboxylic acids is 1. The molecule has 1 aromatic carbocycles. The van der Waals surface area contributed by atoms with Gasteiger partial charge in [0.05, 0.1) is 18.4 Å². The Morgan fingerprint density at radius 3 is 2.72 bits per heavy atom. The number of nitrogens with zero attached hydrogens (tertiary/aromatic N) is 6. The highest BCUT2D eigenvalue weighted by Crippen LogP contribution is 2.16. The van der Waals surface area contributed by atoms with E-state index < -0.39 is 0 Å². The first kappa shape index (κ1) is 20.9. The van der Waals surface area contributed by atoms with Gasteiger partial charge in [-0.1, -0.05) is 24.3 Å². The Balaban J connectivity index is 1.67. The van der Waals surface area contributed by atoms with Gasteiger partial charge in [0, 0.05) is 39.4 Å². The molecule has 8 nitrogen and oxygen atoms in total. The lowest BCUT2D eigenvalue weighted by Crippen LogP contribution is -2.55. The van der Waals surface area contributed by atoms with Gasteiger partial charge in [0.2, 0.25) is 5.91 Å². The molecule has 1 aliphatic rings. The number of nitrogens with one attached hydrogen (secondary N) is 1. The molecule has 1 N–H and O–H groups in total. The van der Waals surface area contributed by atoms with Gasteiger partial charge in [0.25, 0.3) is 0 Å². The Labute approximate surface area is 172 Å². The molecule has 0 spiro atoms. The van der Waals surface area contributed by atoms with Crippen molar-refractivity contribution in [2.24, 2.45) is 12.0 Å². The normalized spacial score (nSPS) is 15.3. The zero-order valence-electron chi connectivity index (χ0n) is 17.8. The second-order valence-corrected chi connectivity index (χ2v) is 7.57. The smallest absolute Gasteiger partial charge is 0.246 e. The summed E-state index contributed by atoms with van der Waals surface area (Å²) in [5.41, 5.74) is 3.28. The molecule has 8 heteroatoms. The van der Waals surface area contributed by atoms with Gasteiger partial charge in [-0.2, -0.15) is 5.10 Å². The predicted octanol–water partition coefficient (Wildman–Crippen LogP) is 1.30. The van der Waals surface area contributed by atoms with Crippen molar-refractivity contribution in [3.63, 3.8) is 0 Å². The van der Waals surface area contributed by atoms with Crippen molar-refractivity contribution in [3.8, 4) is 0 Å². The molecule has 2 heterocycles. The molecule has 1 fully saturated rings. The molecule has 156 valence electrons. The average Bonchev–Trinajstić information content (AvgIpc) is 3.11. The van der Waals surface area contributed by atoms with E-state index in [0.29, 0.717) is 19.6 Å². The highest BCUT2D eigenvalue weighted by molar-refractivity contribution is 5.98. The fraction of sp³-hybridized carbons (Fsp3) is 0.476. The summed E-state index contributed by atoms with van der Waals surface area (Å²) in [5, 5.41) is 7.50. The third-order valence-corrected chi connectivity index (χ3v) is 4.76. The quantitative estimate of drug-likeness (QED) is 0.588. The predicted molar refractivity (Wildman–Crippen MR) is 116 cm³/mol. The highest BCUT2D eigenvalue weighted by atomic mass is 16.2. The number of hydrogen-bond acceptors (Lipinski definition) is 4. The summed E-state index contributed by atoms with van der Waals surface area (Å²) in [4.78, 5) is 23.5. The first-order valence-electron chi connectivity index (χ1n) is 10.0. The van der Waals surface area contributed by atoms with Gasteiger partial charge in [-0.15, -0.1) is 0 Å². The van der Waals surface area contributed by atoms with Gasteiger partial charge in [-0.05, 0) is 32.1 Å². The Morgan fingerprint density at radius 2 is 2.07 bits per heavy atom. The maximum absolute atomic E-state index is 12.7. The van der Waals surface area contributed by atoms with Gasteiger partial charge >= 0.3 is 0 Å². The lowest BCUT2D eigenvalue weighted by atomic mass is 10.1. The number of guanidine groups is 1. The molecule has 1 aliphatic heterocycles. The van der Waals surface area contributed by atoms with Crippen LogP contribution in [0.2, 0.25) is 0 Å². The third-order valence-electron chi connectivity index (χ3n) is 4.76. The SMILES string of the molecule is CCNC(=NCc1cccc(CN(C)C)c1)N1CCN(c2cnn(C)c2)C(=O)C1. The van der Waals surface area contributed by atoms with Crippen molar-refractivity contribution >= 4 is 17.6 Å². The molecule has 0 unspecified atom stereocenters. The first-order chi connectivity index (χ1) is 14.0. The second-order valence-electron chi connectivity index (χ2n) is 7.57. The van der Waals surface area contributed by atoms with E-state index >= 15 is 0 Å². The summed E-state index contributed by atoms with van der Waals surface area (Å²) < 4.78 is 1.71. The monoisotopic (exact) mass is 397 g/mol. The molecule has 2 aromatic rings. The fourth-order valence-corrected chi connectivity index (χ4v) is 3.46. The summed E-state index contributed by atoms with van der Waals surface area (Å²) in [5.74, 6) is 0.840. The van der Waals surface area contributed by atoms with E-state index in [2.05, 4.69) is 53.7 Å². The van der Waals surface area contributed by atoms with Gasteiger partial charge in [-0.25, -0.2) is 4.99 Å². The number of amides is 1. The lowest BCUT2D eigenvalue weighted by molar-refractivity contribution is -0.120. The summed E-state index contributed by atoms with van der Waals surface area (Å²) in [6.07, 6.45) is 3.60. The zero-order chi connectivity index (χ0) is 20.8. The largest absolute Gasteiger partial charge is 0.356 e. The molecule has 0 atom stereocenters. The van der Waals surface area contributed by atoms with Gasteiger partial charge in [0.1, 0.15) is 6.54 Å². The summed E-state index contributed by atoms with van der Waals surface area (Å²) in [7, 11) is 5.99. The molecular weight excluding hydrogens is 366 g/mol. The molecule has 0 saturated carbocycles. The molecule has 3 rings (SSSR count). The minimum Gasteiger partial charge on any atom is -0.356 e. The van der Waals surface area contributed by atoms with Gasteiger partial charge < -0.3 is 20.0 Å². The van der Waals surface area contributed by atoms with Crippen LogP contribution in [0.3, 0.4) is 0 Å². The van der Waals surface area contributed by atoms with Crippen molar-refractivity contribution < 1.29 is 4.79 Å². The Kier molecular flexibility index (Phi) is 6.87. The Hall–Kier alpha value is -2.87. The van der Waals surface area contributed by atoms with E-state index in [1.54, 1.807) is 15.8 Å². The highest BCUT2D eigenvalue weighted by Gasteiger charge is 2.27. The van der Waals surface area contributed by atoms with Gasteiger partial charge in [0.15, 0.2) is 5.96 Å². The van der Waals surface area contributed by atoms with Crippen LogP contribution in [0.25, 0.3) is 0 Å². The minimum absolute atomic E-state index is 0.0582. The summed E-state index contributed by atoms with van der Waals surface area (Å²) in [6, 6.07) is 8.50. The van der Waals surface area contributed by atoms with E-state index in [4.69, 9.17) is 4.99 Å². The molecule has 0 radical (unpaired) electrons. The van der Waals surface area contributed by atoms with Crippen LogP contribution < -0.4 is 10.2 Å². The van der Waals surface area contributed by atoms with Crippen molar-refractivity contribution in [3.05, 3.63) is 47.8 Å². The average molecular weight is 398 g/mol. The Bertz CT molecular complexity index is 858. The standard InChI is InChI=1S/C21H31N7O/c1-5-22-21(23-12-17-7-6-8-18(11-17)14-25(2)3)27-9-10-28(20(29)16-27)19-13-24-26(4)15-19/h6-8,11,13,15H,5,9-10,12,14,16H2,1-4H3,(H,22,23). The molecule has 0 aliphatic carbocycles. The summed E-state index contributed by atoms with van der Waals surface area (Å²) >= 11 is 0. The molecule has 0 bridgehead atoms. The second kappa shape index (κ2) is 9.56. The van der Waals surface area contributed by atoms with Crippen molar-refractivity contribution in [2.45, 2.75) is 20.0 Å². The number of carbonyl (C=O) groups is 1.